The fourth-order valence-electron chi connectivity index (χ4n) is 4.30. The summed E-state index contributed by atoms with van der Waals surface area (Å²) in [4.78, 5) is 19.5. The van der Waals surface area contributed by atoms with E-state index in [0.717, 1.165) is 30.4 Å². The van der Waals surface area contributed by atoms with Crippen molar-refractivity contribution in [2.45, 2.75) is 40.0 Å². The highest BCUT2D eigenvalue weighted by molar-refractivity contribution is 7.16. The Morgan fingerprint density at radius 1 is 1.15 bits per heavy atom. The molecule has 34 heavy (non-hydrogen) atoms. The minimum atomic E-state index is -0.153. The van der Waals surface area contributed by atoms with E-state index in [1.54, 1.807) is 61.1 Å². The average molecular weight is 516 g/mol. The number of carbonyl (C=O) groups is 1. The summed E-state index contributed by atoms with van der Waals surface area (Å²) in [7, 11) is 1.61. The van der Waals surface area contributed by atoms with E-state index in [0.29, 0.717) is 38.0 Å². The van der Waals surface area contributed by atoms with Crippen molar-refractivity contribution < 1.29 is 9.53 Å². The van der Waals surface area contributed by atoms with Gasteiger partial charge in [-0.15, -0.1) is 11.3 Å². The lowest BCUT2D eigenvalue weighted by Crippen LogP contribution is -2.27. The summed E-state index contributed by atoms with van der Waals surface area (Å²) >= 11 is 13.8. The van der Waals surface area contributed by atoms with Gasteiger partial charge >= 0.3 is 0 Å². The van der Waals surface area contributed by atoms with Crippen molar-refractivity contribution in [3.05, 3.63) is 74.1 Å². The van der Waals surface area contributed by atoms with Crippen LogP contribution < -0.4 is 10.1 Å². The number of amides is 1. The molecular formula is C27H28Cl2N2O2S. The second-order valence-corrected chi connectivity index (χ2v) is 11.6. The molecule has 1 N–H and O–H groups in total. The van der Waals surface area contributed by atoms with Crippen molar-refractivity contribution in [2.24, 2.45) is 16.3 Å². The maximum Gasteiger partial charge on any atom is 0.259 e. The van der Waals surface area contributed by atoms with Gasteiger partial charge in [-0.3, -0.25) is 4.79 Å². The number of thiophene rings is 1. The average Bonchev–Trinajstić information content (AvgIpc) is 3.16. The second kappa shape index (κ2) is 10.1. The Morgan fingerprint density at radius 2 is 1.85 bits per heavy atom. The van der Waals surface area contributed by atoms with Crippen LogP contribution in [0.5, 0.6) is 5.75 Å². The number of fused-ring (bicyclic) bond motifs is 1. The topological polar surface area (TPSA) is 50.7 Å². The molecule has 1 aromatic heterocycles. The Balaban J connectivity index is 1.73. The van der Waals surface area contributed by atoms with Gasteiger partial charge in [0, 0.05) is 32.4 Å². The molecule has 178 valence electrons. The number of hydrogen-bond acceptors (Lipinski definition) is 4. The minimum absolute atomic E-state index is 0.153. The highest BCUT2D eigenvalue weighted by Gasteiger charge is 2.33. The van der Waals surface area contributed by atoms with Gasteiger partial charge in [0.1, 0.15) is 10.8 Å². The Hall–Kier alpha value is -2.34. The molecule has 0 aliphatic heterocycles. The summed E-state index contributed by atoms with van der Waals surface area (Å²) in [6.45, 7) is 6.86. The molecule has 0 unspecified atom stereocenters. The molecule has 3 aromatic rings. The number of anilines is 1. The lowest BCUT2D eigenvalue weighted by atomic mass is 9.72. The lowest BCUT2D eigenvalue weighted by molar-refractivity contribution is 0.102. The Labute approximate surface area is 215 Å². The van der Waals surface area contributed by atoms with E-state index < -0.39 is 0 Å². The zero-order chi connectivity index (χ0) is 24.5. The van der Waals surface area contributed by atoms with Gasteiger partial charge in [0.05, 0.1) is 12.7 Å². The monoisotopic (exact) mass is 514 g/mol. The second-order valence-electron chi connectivity index (χ2n) is 9.60. The molecule has 1 atom stereocenters. The molecule has 1 aliphatic carbocycles. The van der Waals surface area contributed by atoms with Crippen molar-refractivity contribution in [1.29, 1.82) is 0 Å². The molecule has 1 amide bonds. The third-order valence-electron chi connectivity index (χ3n) is 6.31. The molecule has 7 heteroatoms. The van der Waals surface area contributed by atoms with Gasteiger partial charge in [0.2, 0.25) is 0 Å². The number of rotatable bonds is 5. The predicted octanol–water partition coefficient (Wildman–Crippen LogP) is 8.22. The molecule has 1 heterocycles. The summed E-state index contributed by atoms with van der Waals surface area (Å²) in [5.41, 5.74) is 3.44. The number of methoxy groups -OCH3 is 1. The van der Waals surface area contributed by atoms with Crippen LogP contribution in [-0.2, 0) is 12.8 Å². The van der Waals surface area contributed by atoms with Crippen LogP contribution in [0.15, 0.2) is 47.5 Å². The van der Waals surface area contributed by atoms with Crippen LogP contribution >= 0.6 is 34.5 Å². The SMILES string of the molecule is COc1ccc(Cl)cc1C=Nc1sc2c(c1C(=O)Nc1ccc(Cl)cc1)CC[C@H](C(C)(C)C)C2. The number of ether oxygens (including phenoxy) is 1. The third-order valence-corrected chi connectivity index (χ3v) is 7.96. The lowest BCUT2D eigenvalue weighted by Gasteiger charge is -2.33. The molecule has 0 bridgehead atoms. The number of benzene rings is 2. The normalized spacial score (nSPS) is 15.9. The van der Waals surface area contributed by atoms with Gasteiger partial charge < -0.3 is 10.1 Å². The van der Waals surface area contributed by atoms with E-state index in [2.05, 4.69) is 26.1 Å². The standard InChI is InChI=1S/C27H28Cl2N2O2S/c1-27(2,3)17-5-11-21-23(14-17)34-26(30-15-16-13-19(29)8-12-22(16)33-4)24(21)25(32)31-20-9-6-18(28)7-10-20/h6-10,12-13,15,17H,5,11,14H2,1-4H3,(H,31,32)/t17-/m0/s1. The molecule has 0 saturated carbocycles. The first-order valence-electron chi connectivity index (χ1n) is 11.2. The van der Waals surface area contributed by atoms with Crippen LogP contribution in [0.4, 0.5) is 10.7 Å². The zero-order valence-electron chi connectivity index (χ0n) is 19.7. The van der Waals surface area contributed by atoms with Crippen LogP contribution in [0, 0.1) is 11.3 Å². The van der Waals surface area contributed by atoms with Crippen molar-refractivity contribution in [1.82, 2.24) is 0 Å². The molecule has 4 rings (SSSR count). The van der Waals surface area contributed by atoms with E-state index in [4.69, 9.17) is 32.9 Å². The minimum Gasteiger partial charge on any atom is -0.496 e. The van der Waals surface area contributed by atoms with Gasteiger partial charge in [-0.05, 0) is 78.6 Å². The summed E-state index contributed by atoms with van der Waals surface area (Å²) in [6.07, 6.45) is 4.61. The molecule has 0 radical (unpaired) electrons. The van der Waals surface area contributed by atoms with Crippen molar-refractivity contribution in [3.8, 4) is 5.75 Å². The summed E-state index contributed by atoms with van der Waals surface area (Å²) in [5.74, 6) is 1.09. The van der Waals surface area contributed by atoms with E-state index in [-0.39, 0.29) is 11.3 Å². The molecule has 0 fully saturated rings. The van der Waals surface area contributed by atoms with Crippen molar-refractivity contribution in [3.63, 3.8) is 0 Å². The molecule has 2 aromatic carbocycles. The van der Waals surface area contributed by atoms with E-state index in [1.807, 2.05) is 6.07 Å². The number of nitrogens with zero attached hydrogens (tertiary/aromatic N) is 1. The quantitative estimate of drug-likeness (QED) is 0.348. The van der Waals surface area contributed by atoms with Crippen LogP contribution in [0.25, 0.3) is 0 Å². The third kappa shape index (κ3) is 5.48. The fourth-order valence-corrected chi connectivity index (χ4v) is 5.87. The van der Waals surface area contributed by atoms with Crippen LogP contribution in [0.1, 0.15) is 53.6 Å². The van der Waals surface area contributed by atoms with Gasteiger partial charge in [-0.1, -0.05) is 44.0 Å². The van der Waals surface area contributed by atoms with Gasteiger partial charge in [-0.25, -0.2) is 4.99 Å². The number of nitrogens with one attached hydrogen (secondary N) is 1. The summed E-state index contributed by atoms with van der Waals surface area (Å²) in [5, 5.41) is 4.95. The highest BCUT2D eigenvalue weighted by atomic mass is 35.5. The summed E-state index contributed by atoms with van der Waals surface area (Å²) < 4.78 is 5.45. The highest BCUT2D eigenvalue weighted by Crippen LogP contribution is 2.45. The molecule has 0 spiro atoms. The van der Waals surface area contributed by atoms with E-state index in [1.165, 1.54) is 4.88 Å². The van der Waals surface area contributed by atoms with Crippen molar-refractivity contribution in [2.75, 3.05) is 12.4 Å². The maximum absolute atomic E-state index is 13.5. The Bertz CT molecular complexity index is 1230. The molecule has 0 saturated heterocycles. The van der Waals surface area contributed by atoms with Crippen LogP contribution in [0.3, 0.4) is 0 Å². The first kappa shape index (κ1) is 24.8. The molecular weight excluding hydrogens is 487 g/mol. The van der Waals surface area contributed by atoms with Gasteiger partial charge in [0.15, 0.2) is 0 Å². The Morgan fingerprint density at radius 3 is 2.53 bits per heavy atom. The fraction of sp³-hybridized carbons (Fsp3) is 0.333. The largest absolute Gasteiger partial charge is 0.496 e. The predicted molar refractivity (Wildman–Crippen MR) is 144 cm³/mol. The van der Waals surface area contributed by atoms with Gasteiger partial charge in [-0.2, -0.15) is 0 Å². The molecule has 4 nitrogen and oxygen atoms in total. The number of carbonyl (C=O) groups excluding carboxylic acids is 1. The van der Waals surface area contributed by atoms with Crippen LogP contribution in [0.2, 0.25) is 10.0 Å². The van der Waals surface area contributed by atoms with Crippen molar-refractivity contribution >= 4 is 57.3 Å². The van der Waals surface area contributed by atoms with E-state index in [9.17, 15) is 4.79 Å². The number of hydrogen-bond donors (Lipinski definition) is 1. The smallest absolute Gasteiger partial charge is 0.259 e. The number of halogens is 2. The van der Waals surface area contributed by atoms with Crippen LogP contribution in [-0.4, -0.2) is 19.2 Å². The molecule has 1 aliphatic rings. The first-order valence-corrected chi connectivity index (χ1v) is 12.8. The number of aliphatic imine (C=N–C) groups is 1. The van der Waals surface area contributed by atoms with Gasteiger partial charge in [0.25, 0.3) is 5.91 Å². The zero-order valence-corrected chi connectivity index (χ0v) is 22.1. The maximum atomic E-state index is 13.5. The summed E-state index contributed by atoms with van der Waals surface area (Å²) in [6, 6.07) is 12.5. The Kier molecular flexibility index (Phi) is 7.36. The first-order chi connectivity index (χ1) is 16.2. The van der Waals surface area contributed by atoms with E-state index >= 15 is 0 Å².